The molecule has 1 atom stereocenters. The number of aliphatic carboxylic acids is 1. The molecule has 0 saturated carbocycles. The largest absolute Gasteiger partial charge is 0.481 e. The number of carbonyl (C=O) groups excluding carboxylic acids is 1. The molecule has 0 radical (unpaired) electrons. The molecule has 0 aliphatic heterocycles. The van der Waals surface area contributed by atoms with Crippen molar-refractivity contribution in [2.45, 2.75) is 45.3 Å². The standard InChI is InChI=1S/C13H24N2O4/c1-6-7-15(12(2,3)4)11(18)14-9-13(5,19)8-10(16)17/h6,19H,1,7-9H2,2-5H3,(H,14,18)(H,16,17). The zero-order valence-electron chi connectivity index (χ0n) is 12.1. The van der Waals surface area contributed by atoms with E-state index in [2.05, 4.69) is 11.9 Å². The third-order valence-electron chi connectivity index (χ3n) is 2.52. The Hall–Kier alpha value is -1.56. The number of carboxylic acid groups (broad SMARTS) is 1. The highest BCUT2D eigenvalue weighted by atomic mass is 16.4. The molecule has 0 rings (SSSR count). The zero-order valence-corrected chi connectivity index (χ0v) is 12.1. The second-order valence-electron chi connectivity index (χ2n) is 5.80. The van der Waals surface area contributed by atoms with Crippen molar-refractivity contribution < 1.29 is 19.8 Å². The Bertz CT molecular complexity index is 345. The lowest BCUT2D eigenvalue weighted by atomic mass is 10.0. The van der Waals surface area contributed by atoms with Crippen molar-refractivity contribution in [3.63, 3.8) is 0 Å². The minimum atomic E-state index is -1.47. The summed E-state index contributed by atoms with van der Waals surface area (Å²) in [6.45, 7) is 10.9. The van der Waals surface area contributed by atoms with E-state index in [1.165, 1.54) is 6.92 Å². The van der Waals surface area contributed by atoms with Gasteiger partial charge in [-0.05, 0) is 27.7 Å². The van der Waals surface area contributed by atoms with Gasteiger partial charge in [0.05, 0.1) is 12.0 Å². The predicted molar refractivity (Wildman–Crippen MR) is 72.9 cm³/mol. The number of hydrogen-bond donors (Lipinski definition) is 3. The molecule has 0 aromatic carbocycles. The molecule has 0 saturated heterocycles. The molecule has 110 valence electrons. The summed E-state index contributed by atoms with van der Waals surface area (Å²) in [5.74, 6) is -1.11. The molecular formula is C13H24N2O4. The first-order valence-corrected chi connectivity index (χ1v) is 6.10. The van der Waals surface area contributed by atoms with E-state index in [-0.39, 0.29) is 12.6 Å². The van der Waals surface area contributed by atoms with Gasteiger partial charge in [-0.1, -0.05) is 6.08 Å². The van der Waals surface area contributed by atoms with Crippen LogP contribution in [0.15, 0.2) is 12.7 Å². The second-order valence-corrected chi connectivity index (χ2v) is 5.80. The van der Waals surface area contributed by atoms with Crippen LogP contribution in [0, 0.1) is 0 Å². The summed E-state index contributed by atoms with van der Waals surface area (Å²) in [7, 11) is 0. The summed E-state index contributed by atoms with van der Waals surface area (Å²) >= 11 is 0. The van der Waals surface area contributed by atoms with Crippen molar-refractivity contribution in [1.29, 1.82) is 0 Å². The lowest BCUT2D eigenvalue weighted by Gasteiger charge is -2.35. The lowest BCUT2D eigenvalue weighted by molar-refractivity contribution is -0.141. The number of hydrogen-bond acceptors (Lipinski definition) is 3. The maximum absolute atomic E-state index is 12.0. The van der Waals surface area contributed by atoms with Crippen molar-refractivity contribution in [1.82, 2.24) is 10.2 Å². The van der Waals surface area contributed by atoms with E-state index < -0.39 is 23.5 Å². The van der Waals surface area contributed by atoms with Crippen LogP contribution >= 0.6 is 0 Å². The number of rotatable bonds is 6. The van der Waals surface area contributed by atoms with Crippen LogP contribution in [-0.4, -0.2) is 51.3 Å². The predicted octanol–water partition coefficient (Wildman–Crippen LogP) is 1.21. The van der Waals surface area contributed by atoms with Crippen LogP contribution in [0.1, 0.15) is 34.1 Å². The Kier molecular flexibility index (Phi) is 6.02. The van der Waals surface area contributed by atoms with E-state index in [4.69, 9.17) is 5.11 Å². The topological polar surface area (TPSA) is 89.9 Å². The van der Waals surface area contributed by atoms with Crippen molar-refractivity contribution in [3.8, 4) is 0 Å². The molecule has 0 bridgehead atoms. The molecule has 2 amide bonds. The highest BCUT2D eigenvalue weighted by Gasteiger charge is 2.29. The molecule has 1 unspecified atom stereocenters. The van der Waals surface area contributed by atoms with Crippen LogP contribution in [0.5, 0.6) is 0 Å². The maximum atomic E-state index is 12.0. The Balaban J connectivity index is 4.58. The average Bonchev–Trinajstić information content (AvgIpc) is 2.19. The Morgan fingerprint density at radius 2 is 1.84 bits per heavy atom. The normalized spacial score (nSPS) is 14.4. The fourth-order valence-electron chi connectivity index (χ4n) is 1.54. The van der Waals surface area contributed by atoms with E-state index in [0.29, 0.717) is 6.54 Å². The summed E-state index contributed by atoms with van der Waals surface area (Å²) in [5.41, 5.74) is -1.86. The number of nitrogens with zero attached hydrogens (tertiary/aromatic N) is 1. The van der Waals surface area contributed by atoms with E-state index in [9.17, 15) is 14.7 Å². The fraction of sp³-hybridized carbons (Fsp3) is 0.692. The third kappa shape index (κ3) is 6.81. The molecule has 0 aromatic rings. The van der Waals surface area contributed by atoms with Crippen LogP contribution in [0.2, 0.25) is 0 Å². The molecule has 0 aliphatic carbocycles. The molecular weight excluding hydrogens is 248 g/mol. The molecule has 19 heavy (non-hydrogen) atoms. The quantitative estimate of drug-likeness (QED) is 0.634. The maximum Gasteiger partial charge on any atom is 0.318 e. The number of nitrogens with one attached hydrogen (secondary N) is 1. The van der Waals surface area contributed by atoms with Crippen LogP contribution < -0.4 is 5.32 Å². The number of amides is 2. The van der Waals surface area contributed by atoms with Crippen LogP contribution in [0.3, 0.4) is 0 Å². The summed E-state index contributed by atoms with van der Waals surface area (Å²) in [6.07, 6.45) is 1.18. The number of urea groups is 1. The van der Waals surface area contributed by atoms with Gasteiger partial charge in [0.1, 0.15) is 0 Å². The van der Waals surface area contributed by atoms with Gasteiger partial charge in [0.25, 0.3) is 0 Å². The summed E-state index contributed by atoms with van der Waals surface area (Å²) in [6, 6.07) is -0.363. The monoisotopic (exact) mass is 272 g/mol. The Morgan fingerprint density at radius 3 is 2.21 bits per heavy atom. The van der Waals surface area contributed by atoms with Gasteiger partial charge in [-0.25, -0.2) is 4.79 Å². The molecule has 0 aliphatic rings. The first-order valence-electron chi connectivity index (χ1n) is 6.10. The van der Waals surface area contributed by atoms with Crippen LogP contribution in [-0.2, 0) is 4.79 Å². The third-order valence-corrected chi connectivity index (χ3v) is 2.52. The van der Waals surface area contributed by atoms with E-state index in [1.807, 2.05) is 20.8 Å². The molecule has 6 heteroatoms. The van der Waals surface area contributed by atoms with E-state index in [0.717, 1.165) is 0 Å². The second kappa shape index (κ2) is 6.56. The van der Waals surface area contributed by atoms with Gasteiger partial charge in [-0.3, -0.25) is 4.79 Å². The minimum Gasteiger partial charge on any atom is -0.481 e. The first kappa shape index (κ1) is 17.4. The molecule has 0 spiro atoms. The fourth-order valence-corrected chi connectivity index (χ4v) is 1.54. The van der Waals surface area contributed by atoms with Gasteiger partial charge >= 0.3 is 12.0 Å². The van der Waals surface area contributed by atoms with Gasteiger partial charge < -0.3 is 20.4 Å². The van der Waals surface area contributed by atoms with Gasteiger partial charge in [0.2, 0.25) is 0 Å². The smallest absolute Gasteiger partial charge is 0.318 e. The number of aliphatic hydroxyl groups is 1. The molecule has 3 N–H and O–H groups in total. The first-order chi connectivity index (χ1) is 8.49. The summed E-state index contributed by atoms with van der Waals surface area (Å²) in [4.78, 5) is 24.1. The van der Waals surface area contributed by atoms with Gasteiger partial charge in [-0.15, -0.1) is 6.58 Å². The Morgan fingerprint density at radius 1 is 1.32 bits per heavy atom. The highest BCUT2D eigenvalue weighted by molar-refractivity contribution is 5.75. The van der Waals surface area contributed by atoms with Crippen LogP contribution in [0.25, 0.3) is 0 Å². The highest BCUT2D eigenvalue weighted by Crippen LogP contribution is 2.14. The molecule has 6 nitrogen and oxygen atoms in total. The molecule has 0 heterocycles. The van der Waals surface area contributed by atoms with Gasteiger partial charge in [-0.2, -0.15) is 0 Å². The van der Waals surface area contributed by atoms with E-state index in [1.54, 1.807) is 11.0 Å². The van der Waals surface area contributed by atoms with Crippen molar-refractivity contribution in [2.75, 3.05) is 13.1 Å². The van der Waals surface area contributed by atoms with Crippen molar-refractivity contribution in [3.05, 3.63) is 12.7 Å². The van der Waals surface area contributed by atoms with E-state index >= 15 is 0 Å². The summed E-state index contributed by atoms with van der Waals surface area (Å²) in [5, 5.41) is 21.0. The number of carboxylic acids is 1. The number of carbonyl (C=O) groups is 2. The average molecular weight is 272 g/mol. The van der Waals surface area contributed by atoms with Gasteiger partial charge in [0, 0.05) is 18.6 Å². The zero-order chi connectivity index (χ0) is 15.3. The lowest BCUT2D eigenvalue weighted by Crippen LogP contribution is -2.53. The Labute approximate surface area is 114 Å². The van der Waals surface area contributed by atoms with Crippen LogP contribution in [0.4, 0.5) is 4.79 Å². The molecule has 0 aromatic heterocycles. The van der Waals surface area contributed by atoms with Gasteiger partial charge in [0.15, 0.2) is 0 Å². The molecule has 0 fully saturated rings. The minimum absolute atomic E-state index is 0.123. The SMILES string of the molecule is C=CCN(C(=O)NCC(C)(O)CC(=O)O)C(C)(C)C. The van der Waals surface area contributed by atoms with Crippen molar-refractivity contribution in [2.24, 2.45) is 0 Å². The summed E-state index contributed by atoms with van der Waals surface area (Å²) < 4.78 is 0. The van der Waals surface area contributed by atoms with Crippen molar-refractivity contribution >= 4 is 12.0 Å².